The average molecular weight is 308 g/mol. The van der Waals surface area contributed by atoms with Crippen LogP contribution < -0.4 is 5.32 Å². The number of aliphatic hydroxyl groups excluding tert-OH is 1. The maximum Gasteiger partial charge on any atom is 0.254 e. The van der Waals surface area contributed by atoms with E-state index in [1.807, 2.05) is 30.3 Å². The van der Waals surface area contributed by atoms with Crippen LogP contribution in [0.3, 0.4) is 0 Å². The zero-order valence-electron chi connectivity index (χ0n) is 11.2. The van der Waals surface area contributed by atoms with E-state index in [0.717, 1.165) is 11.6 Å². The molecule has 5 heteroatoms. The first-order chi connectivity index (χ1) is 10.1. The quantitative estimate of drug-likeness (QED) is 0.892. The molecule has 0 bridgehead atoms. The first-order valence-corrected chi connectivity index (χ1v) is 6.89. The molecule has 2 aromatic rings. The molecular formula is C16H15ClFNO2. The van der Waals surface area contributed by atoms with Gasteiger partial charge in [0.05, 0.1) is 11.7 Å². The van der Waals surface area contributed by atoms with Crippen molar-refractivity contribution in [2.24, 2.45) is 0 Å². The van der Waals surface area contributed by atoms with Crippen molar-refractivity contribution >= 4 is 17.5 Å². The van der Waals surface area contributed by atoms with Crippen LogP contribution in [0.25, 0.3) is 0 Å². The Morgan fingerprint density at radius 3 is 2.62 bits per heavy atom. The number of nitrogens with one attached hydrogen (secondary N) is 1. The molecule has 0 aliphatic rings. The minimum atomic E-state index is -0.730. The molecule has 1 amide bonds. The van der Waals surface area contributed by atoms with E-state index in [1.54, 1.807) is 0 Å². The molecule has 21 heavy (non-hydrogen) atoms. The average Bonchev–Trinajstić information content (AvgIpc) is 2.46. The highest BCUT2D eigenvalue weighted by atomic mass is 35.5. The van der Waals surface area contributed by atoms with Crippen LogP contribution in [0.1, 0.15) is 15.9 Å². The number of halogens is 2. The van der Waals surface area contributed by atoms with Crippen molar-refractivity contribution in [1.29, 1.82) is 0 Å². The molecule has 2 aromatic carbocycles. The second-order valence-corrected chi connectivity index (χ2v) is 5.11. The molecule has 3 nitrogen and oxygen atoms in total. The Balaban J connectivity index is 1.89. The van der Waals surface area contributed by atoms with Gasteiger partial charge in [0.25, 0.3) is 5.91 Å². The van der Waals surface area contributed by atoms with Crippen molar-refractivity contribution in [1.82, 2.24) is 5.32 Å². The molecule has 2 rings (SSSR count). The van der Waals surface area contributed by atoms with E-state index in [9.17, 15) is 14.3 Å². The lowest BCUT2D eigenvalue weighted by Gasteiger charge is -2.12. The predicted molar refractivity (Wildman–Crippen MR) is 79.9 cm³/mol. The molecule has 0 saturated carbocycles. The molecule has 1 unspecified atom stereocenters. The van der Waals surface area contributed by atoms with Crippen molar-refractivity contribution in [3.8, 4) is 0 Å². The summed E-state index contributed by atoms with van der Waals surface area (Å²) in [6.45, 7) is 0.0514. The van der Waals surface area contributed by atoms with Crippen LogP contribution in [0.15, 0.2) is 48.5 Å². The van der Waals surface area contributed by atoms with Crippen LogP contribution in [-0.2, 0) is 6.42 Å². The summed E-state index contributed by atoms with van der Waals surface area (Å²) in [6.07, 6.45) is -0.309. The standard InChI is InChI=1S/C16H15ClFNO2/c17-12-6-7-14(15(18)9-12)16(21)19-10-13(20)8-11-4-2-1-3-5-11/h1-7,9,13,20H,8,10H2,(H,19,21). The number of hydrogen-bond donors (Lipinski definition) is 2. The van der Waals surface area contributed by atoms with Crippen molar-refractivity contribution in [3.63, 3.8) is 0 Å². The van der Waals surface area contributed by atoms with Crippen LogP contribution in [0, 0.1) is 5.82 Å². The summed E-state index contributed by atoms with van der Waals surface area (Å²) >= 11 is 5.63. The molecule has 0 fully saturated rings. The van der Waals surface area contributed by atoms with Crippen molar-refractivity contribution < 1.29 is 14.3 Å². The van der Waals surface area contributed by atoms with E-state index < -0.39 is 17.8 Å². The minimum Gasteiger partial charge on any atom is -0.391 e. The van der Waals surface area contributed by atoms with Crippen molar-refractivity contribution in [3.05, 3.63) is 70.5 Å². The first kappa shape index (κ1) is 15.5. The Labute approximate surface area is 127 Å². The number of carbonyl (C=O) groups excluding carboxylic acids is 1. The monoisotopic (exact) mass is 307 g/mol. The van der Waals surface area contributed by atoms with Crippen LogP contribution in [0.4, 0.5) is 4.39 Å². The molecule has 0 heterocycles. The molecule has 0 radical (unpaired) electrons. The predicted octanol–water partition coefficient (Wildman–Crippen LogP) is 2.81. The molecule has 0 aliphatic carbocycles. The summed E-state index contributed by atoms with van der Waals surface area (Å²) < 4.78 is 13.6. The maximum atomic E-state index is 13.6. The zero-order chi connectivity index (χ0) is 15.2. The molecule has 0 aromatic heterocycles. The van der Waals surface area contributed by atoms with Gasteiger partial charge in [0.1, 0.15) is 5.82 Å². The fourth-order valence-electron chi connectivity index (χ4n) is 1.94. The summed E-state index contributed by atoms with van der Waals surface area (Å²) in [4.78, 5) is 11.8. The highest BCUT2D eigenvalue weighted by Crippen LogP contribution is 2.14. The maximum absolute atomic E-state index is 13.6. The molecular weight excluding hydrogens is 293 g/mol. The lowest BCUT2D eigenvalue weighted by atomic mass is 10.1. The Bertz CT molecular complexity index is 619. The Hall–Kier alpha value is -1.91. The van der Waals surface area contributed by atoms with Gasteiger partial charge in [-0.15, -0.1) is 0 Å². The molecule has 1 atom stereocenters. The molecule has 2 N–H and O–H groups in total. The van der Waals surface area contributed by atoms with Gasteiger partial charge in [-0.1, -0.05) is 41.9 Å². The van der Waals surface area contributed by atoms with Crippen LogP contribution in [-0.4, -0.2) is 23.7 Å². The van der Waals surface area contributed by atoms with Crippen molar-refractivity contribution in [2.75, 3.05) is 6.54 Å². The molecule has 110 valence electrons. The summed E-state index contributed by atoms with van der Waals surface area (Å²) in [7, 11) is 0. The molecule has 0 spiro atoms. The van der Waals surface area contributed by atoms with E-state index >= 15 is 0 Å². The number of amides is 1. The van der Waals surface area contributed by atoms with Gasteiger partial charge in [0, 0.05) is 18.0 Å². The fraction of sp³-hybridized carbons (Fsp3) is 0.188. The van der Waals surface area contributed by atoms with E-state index in [0.29, 0.717) is 6.42 Å². The number of rotatable bonds is 5. The summed E-state index contributed by atoms with van der Waals surface area (Å²) in [5.41, 5.74) is 0.878. The Morgan fingerprint density at radius 2 is 1.95 bits per heavy atom. The van der Waals surface area contributed by atoms with E-state index in [-0.39, 0.29) is 17.1 Å². The van der Waals surface area contributed by atoms with Gasteiger partial charge < -0.3 is 10.4 Å². The summed E-state index contributed by atoms with van der Waals surface area (Å²) in [6, 6.07) is 13.3. The van der Waals surface area contributed by atoms with Crippen molar-refractivity contribution in [2.45, 2.75) is 12.5 Å². The van der Waals surface area contributed by atoms with E-state index in [1.165, 1.54) is 12.1 Å². The van der Waals surface area contributed by atoms with Gasteiger partial charge in [-0.25, -0.2) is 4.39 Å². The third-order valence-electron chi connectivity index (χ3n) is 2.99. The highest BCUT2D eigenvalue weighted by Gasteiger charge is 2.13. The number of aliphatic hydroxyl groups is 1. The van der Waals surface area contributed by atoms with Crippen LogP contribution in [0.5, 0.6) is 0 Å². The smallest absolute Gasteiger partial charge is 0.254 e. The summed E-state index contributed by atoms with van der Waals surface area (Å²) in [5.74, 6) is -1.26. The lowest BCUT2D eigenvalue weighted by molar-refractivity contribution is 0.0912. The number of benzene rings is 2. The third kappa shape index (κ3) is 4.55. The molecule has 0 aliphatic heterocycles. The normalized spacial score (nSPS) is 12.0. The van der Waals surface area contributed by atoms with Gasteiger partial charge in [0.2, 0.25) is 0 Å². The van der Waals surface area contributed by atoms with Gasteiger partial charge in [0.15, 0.2) is 0 Å². The topological polar surface area (TPSA) is 49.3 Å². The van der Waals surface area contributed by atoms with E-state index in [2.05, 4.69) is 5.32 Å². The third-order valence-corrected chi connectivity index (χ3v) is 3.22. The molecule has 0 saturated heterocycles. The van der Waals surface area contributed by atoms with E-state index in [4.69, 9.17) is 11.6 Å². The lowest BCUT2D eigenvalue weighted by Crippen LogP contribution is -2.33. The highest BCUT2D eigenvalue weighted by molar-refractivity contribution is 6.30. The zero-order valence-corrected chi connectivity index (χ0v) is 12.0. The minimum absolute atomic E-state index is 0.0514. The van der Waals surface area contributed by atoms with Crippen LogP contribution >= 0.6 is 11.6 Å². The Morgan fingerprint density at radius 1 is 1.24 bits per heavy atom. The van der Waals surface area contributed by atoms with Crippen LogP contribution in [0.2, 0.25) is 5.02 Å². The second kappa shape index (κ2) is 7.20. The Kier molecular flexibility index (Phi) is 5.31. The first-order valence-electron chi connectivity index (χ1n) is 6.51. The van der Waals surface area contributed by atoms with Gasteiger partial charge in [-0.2, -0.15) is 0 Å². The largest absolute Gasteiger partial charge is 0.391 e. The van der Waals surface area contributed by atoms with Gasteiger partial charge in [-0.3, -0.25) is 4.79 Å². The second-order valence-electron chi connectivity index (χ2n) is 4.68. The number of carbonyl (C=O) groups is 1. The fourth-order valence-corrected chi connectivity index (χ4v) is 2.10. The summed E-state index contributed by atoms with van der Waals surface area (Å²) in [5, 5.41) is 12.6. The van der Waals surface area contributed by atoms with Gasteiger partial charge in [-0.05, 0) is 23.8 Å². The number of hydrogen-bond acceptors (Lipinski definition) is 2. The van der Waals surface area contributed by atoms with Gasteiger partial charge >= 0.3 is 0 Å². The SMILES string of the molecule is O=C(NCC(O)Cc1ccccc1)c1ccc(Cl)cc1F.